The zero-order chi connectivity index (χ0) is 11.8. The molecule has 0 saturated carbocycles. The third-order valence-corrected chi connectivity index (χ3v) is 3.14. The molecule has 2 nitrogen and oxygen atoms in total. The van der Waals surface area contributed by atoms with Crippen LogP contribution in [0.15, 0.2) is 35.5 Å². The molecule has 1 unspecified atom stereocenters. The second-order valence-electron chi connectivity index (χ2n) is 3.70. The standard InChI is InChI=1S/C13H19BrN2/c1-3-5-6-9-12(15-4-2)13-11(14)8-7-10-16-13/h3,7-8,10,12,15H,1,4-6,9H2,2H3. The topological polar surface area (TPSA) is 24.9 Å². The zero-order valence-electron chi connectivity index (χ0n) is 9.75. The minimum absolute atomic E-state index is 0.334. The van der Waals surface area contributed by atoms with Gasteiger partial charge < -0.3 is 5.32 Å². The molecule has 0 saturated heterocycles. The van der Waals surface area contributed by atoms with E-state index in [0.29, 0.717) is 6.04 Å². The zero-order valence-corrected chi connectivity index (χ0v) is 11.3. The number of nitrogens with zero attached hydrogens (tertiary/aromatic N) is 1. The van der Waals surface area contributed by atoms with Crippen LogP contribution in [0.1, 0.15) is 37.9 Å². The molecule has 0 spiro atoms. The molecule has 1 atom stereocenters. The molecule has 1 rings (SSSR count). The average molecular weight is 283 g/mol. The van der Waals surface area contributed by atoms with E-state index in [2.05, 4.69) is 39.7 Å². The van der Waals surface area contributed by atoms with Crippen molar-refractivity contribution < 1.29 is 0 Å². The van der Waals surface area contributed by atoms with Crippen molar-refractivity contribution in [1.82, 2.24) is 10.3 Å². The Balaban J connectivity index is 2.68. The average Bonchev–Trinajstić information content (AvgIpc) is 2.29. The van der Waals surface area contributed by atoms with Crippen LogP contribution in [0.3, 0.4) is 0 Å². The highest BCUT2D eigenvalue weighted by Gasteiger charge is 2.13. The van der Waals surface area contributed by atoms with Crippen LogP contribution in [0.25, 0.3) is 0 Å². The Morgan fingerprint density at radius 2 is 2.44 bits per heavy atom. The van der Waals surface area contributed by atoms with Crippen molar-refractivity contribution >= 4 is 15.9 Å². The van der Waals surface area contributed by atoms with Crippen LogP contribution in [0.4, 0.5) is 0 Å². The first-order chi connectivity index (χ1) is 7.79. The van der Waals surface area contributed by atoms with Crippen molar-refractivity contribution in [2.75, 3.05) is 6.54 Å². The van der Waals surface area contributed by atoms with Gasteiger partial charge in [0.25, 0.3) is 0 Å². The highest BCUT2D eigenvalue weighted by molar-refractivity contribution is 9.10. The largest absolute Gasteiger partial charge is 0.309 e. The molecular weight excluding hydrogens is 264 g/mol. The van der Waals surface area contributed by atoms with Crippen molar-refractivity contribution in [1.29, 1.82) is 0 Å². The first-order valence-electron chi connectivity index (χ1n) is 5.74. The second kappa shape index (κ2) is 7.58. The number of pyridine rings is 1. The lowest BCUT2D eigenvalue weighted by atomic mass is 10.1. The number of hydrogen-bond acceptors (Lipinski definition) is 2. The molecule has 88 valence electrons. The number of nitrogens with one attached hydrogen (secondary N) is 1. The van der Waals surface area contributed by atoms with Crippen LogP contribution in [-0.2, 0) is 0 Å². The Morgan fingerprint density at radius 3 is 3.06 bits per heavy atom. The number of allylic oxidation sites excluding steroid dienone is 1. The summed E-state index contributed by atoms with van der Waals surface area (Å²) in [6.45, 7) is 6.83. The monoisotopic (exact) mass is 282 g/mol. The molecule has 1 aromatic rings. The summed E-state index contributed by atoms with van der Waals surface area (Å²) in [5, 5.41) is 3.47. The number of rotatable bonds is 7. The lowest BCUT2D eigenvalue weighted by Crippen LogP contribution is -2.22. The molecule has 0 amide bonds. The third-order valence-electron chi connectivity index (χ3n) is 2.47. The van der Waals surface area contributed by atoms with E-state index in [1.165, 1.54) is 0 Å². The maximum Gasteiger partial charge on any atom is 0.0714 e. The van der Waals surface area contributed by atoms with E-state index in [0.717, 1.165) is 36.0 Å². The predicted octanol–water partition coefficient (Wildman–Crippen LogP) is 3.85. The third kappa shape index (κ3) is 4.06. The van der Waals surface area contributed by atoms with Gasteiger partial charge in [0.05, 0.1) is 11.7 Å². The maximum absolute atomic E-state index is 4.44. The van der Waals surface area contributed by atoms with Crippen LogP contribution in [0, 0.1) is 0 Å². The van der Waals surface area contributed by atoms with Gasteiger partial charge in [-0.05, 0) is 53.9 Å². The van der Waals surface area contributed by atoms with Gasteiger partial charge in [-0.15, -0.1) is 6.58 Å². The minimum atomic E-state index is 0.334. The van der Waals surface area contributed by atoms with Crippen molar-refractivity contribution in [3.05, 3.63) is 41.2 Å². The predicted molar refractivity (Wildman–Crippen MR) is 72.4 cm³/mol. The van der Waals surface area contributed by atoms with Gasteiger partial charge in [-0.25, -0.2) is 0 Å². The summed E-state index contributed by atoms with van der Waals surface area (Å²) in [7, 11) is 0. The smallest absolute Gasteiger partial charge is 0.0714 e. The summed E-state index contributed by atoms with van der Waals surface area (Å²) in [6, 6.07) is 4.32. The minimum Gasteiger partial charge on any atom is -0.309 e. The maximum atomic E-state index is 4.44. The summed E-state index contributed by atoms with van der Waals surface area (Å²) in [5.74, 6) is 0. The molecule has 0 aliphatic heterocycles. The van der Waals surface area contributed by atoms with E-state index < -0.39 is 0 Å². The second-order valence-corrected chi connectivity index (χ2v) is 4.55. The van der Waals surface area contributed by atoms with E-state index in [-0.39, 0.29) is 0 Å². The summed E-state index contributed by atoms with van der Waals surface area (Å²) in [4.78, 5) is 4.44. The van der Waals surface area contributed by atoms with Crippen LogP contribution in [-0.4, -0.2) is 11.5 Å². The molecule has 0 aliphatic rings. The first-order valence-corrected chi connectivity index (χ1v) is 6.53. The fraction of sp³-hybridized carbons (Fsp3) is 0.462. The van der Waals surface area contributed by atoms with Crippen molar-refractivity contribution in [3.63, 3.8) is 0 Å². The Kier molecular flexibility index (Phi) is 6.34. The molecule has 1 heterocycles. The van der Waals surface area contributed by atoms with Crippen molar-refractivity contribution in [2.45, 2.75) is 32.2 Å². The molecule has 0 bridgehead atoms. The van der Waals surface area contributed by atoms with Gasteiger partial charge in [-0.2, -0.15) is 0 Å². The van der Waals surface area contributed by atoms with Crippen LogP contribution < -0.4 is 5.32 Å². The van der Waals surface area contributed by atoms with E-state index in [4.69, 9.17) is 0 Å². The highest BCUT2D eigenvalue weighted by atomic mass is 79.9. The van der Waals surface area contributed by atoms with Crippen molar-refractivity contribution in [3.8, 4) is 0 Å². The Bertz CT molecular complexity index is 325. The molecule has 0 fully saturated rings. The molecule has 3 heteroatoms. The molecule has 0 radical (unpaired) electrons. The molecule has 0 aliphatic carbocycles. The Morgan fingerprint density at radius 1 is 1.62 bits per heavy atom. The first kappa shape index (κ1) is 13.4. The van der Waals surface area contributed by atoms with Gasteiger partial charge in [-0.1, -0.05) is 13.0 Å². The number of hydrogen-bond donors (Lipinski definition) is 1. The van der Waals surface area contributed by atoms with Gasteiger partial charge in [0.15, 0.2) is 0 Å². The molecule has 16 heavy (non-hydrogen) atoms. The highest BCUT2D eigenvalue weighted by Crippen LogP contribution is 2.24. The van der Waals surface area contributed by atoms with Crippen molar-refractivity contribution in [2.24, 2.45) is 0 Å². The Labute approximate surface area is 106 Å². The number of aromatic nitrogens is 1. The number of halogens is 1. The van der Waals surface area contributed by atoms with Gasteiger partial charge in [-0.3, -0.25) is 4.98 Å². The fourth-order valence-electron chi connectivity index (χ4n) is 1.70. The van der Waals surface area contributed by atoms with E-state index in [1.54, 1.807) is 0 Å². The SMILES string of the molecule is C=CCCCC(NCC)c1ncccc1Br. The van der Waals surface area contributed by atoms with Gasteiger partial charge in [0, 0.05) is 10.7 Å². The van der Waals surface area contributed by atoms with Crippen LogP contribution in [0.2, 0.25) is 0 Å². The molecular formula is C13H19BrN2. The molecule has 0 aromatic carbocycles. The van der Waals surface area contributed by atoms with Gasteiger partial charge in [0.1, 0.15) is 0 Å². The lowest BCUT2D eigenvalue weighted by Gasteiger charge is -2.18. The lowest BCUT2D eigenvalue weighted by molar-refractivity contribution is 0.488. The van der Waals surface area contributed by atoms with E-state index >= 15 is 0 Å². The summed E-state index contributed by atoms with van der Waals surface area (Å²) < 4.78 is 1.08. The summed E-state index contributed by atoms with van der Waals surface area (Å²) in [5.41, 5.74) is 1.11. The van der Waals surface area contributed by atoms with Gasteiger partial charge in [0.2, 0.25) is 0 Å². The molecule has 1 N–H and O–H groups in total. The molecule has 1 aromatic heterocycles. The summed E-state index contributed by atoms with van der Waals surface area (Å²) in [6.07, 6.45) is 7.11. The number of unbranched alkanes of at least 4 members (excludes halogenated alkanes) is 1. The fourth-order valence-corrected chi connectivity index (χ4v) is 2.23. The Hall–Kier alpha value is -0.670. The summed E-state index contributed by atoms with van der Waals surface area (Å²) >= 11 is 3.55. The van der Waals surface area contributed by atoms with E-state index in [1.807, 2.05) is 24.4 Å². The van der Waals surface area contributed by atoms with Crippen LogP contribution in [0.5, 0.6) is 0 Å². The van der Waals surface area contributed by atoms with Crippen LogP contribution >= 0.6 is 15.9 Å². The van der Waals surface area contributed by atoms with Gasteiger partial charge >= 0.3 is 0 Å². The normalized spacial score (nSPS) is 12.4. The quantitative estimate of drug-likeness (QED) is 0.607. The van der Waals surface area contributed by atoms with E-state index in [9.17, 15) is 0 Å².